The van der Waals surface area contributed by atoms with Gasteiger partial charge in [-0.15, -0.1) is 0 Å². The van der Waals surface area contributed by atoms with Gasteiger partial charge in [0.25, 0.3) is 0 Å². The highest BCUT2D eigenvalue weighted by Crippen LogP contribution is 2.27. The van der Waals surface area contributed by atoms with Crippen molar-refractivity contribution >= 4 is 11.6 Å². The Kier molecular flexibility index (Phi) is 6.23. The van der Waals surface area contributed by atoms with Gasteiger partial charge in [-0.1, -0.05) is 12.1 Å². The summed E-state index contributed by atoms with van der Waals surface area (Å²) in [6.45, 7) is 7.94. The molecule has 7 nitrogen and oxygen atoms in total. The maximum atomic E-state index is 10.1. The van der Waals surface area contributed by atoms with E-state index in [0.717, 1.165) is 60.4 Å². The van der Waals surface area contributed by atoms with Gasteiger partial charge in [-0.2, -0.15) is 0 Å². The summed E-state index contributed by atoms with van der Waals surface area (Å²) in [5, 5.41) is 13.5. The van der Waals surface area contributed by atoms with Crippen LogP contribution in [0.1, 0.15) is 16.8 Å². The van der Waals surface area contributed by atoms with E-state index in [1.54, 1.807) is 20.2 Å². The molecule has 7 heteroatoms. The first-order valence-corrected chi connectivity index (χ1v) is 9.52. The summed E-state index contributed by atoms with van der Waals surface area (Å²) in [6.07, 6.45) is 1.84. The molecule has 1 aliphatic rings. The predicted molar refractivity (Wildman–Crippen MR) is 112 cm³/mol. The van der Waals surface area contributed by atoms with E-state index in [9.17, 15) is 5.11 Å². The molecule has 1 aromatic heterocycles. The van der Waals surface area contributed by atoms with Gasteiger partial charge in [0.1, 0.15) is 11.5 Å². The average molecular weight is 383 g/mol. The van der Waals surface area contributed by atoms with Gasteiger partial charge in [-0.25, -0.2) is 0 Å². The molecule has 1 saturated heterocycles. The lowest BCUT2D eigenvalue weighted by atomic mass is 10.1. The molecular weight excluding hydrogens is 354 g/mol. The smallest absolute Gasteiger partial charge is 0.194 e. The van der Waals surface area contributed by atoms with Crippen LogP contribution in [0.15, 0.2) is 35.5 Å². The average Bonchev–Trinajstić information content (AvgIpc) is 2.71. The molecule has 1 aromatic carbocycles. The zero-order valence-corrected chi connectivity index (χ0v) is 17.1. The molecule has 0 saturated carbocycles. The quantitative estimate of drug-likeness (QED) is 0.624. The number of ether oxygens (including phenoxy) is 1. The summed E-state index contributed by atoms with van der Waals surface area (Å²) in [7, 11) is 3.49. The SMILES string of the molecule is CN=C(NCc1ncc(C)c(OC)c1C)N1CCN(c2ccccc2O)CC1. The Hall–Kier alpha value is -2.96. The summed E-state index contributed by atoms with van der Waals surface area (Å²) in [6, 6.07) is 7.48. The number of aryl methyl sites for hydroxylation is 1. The number of rotatable bonds is 4. The highest BCUT2D eigenvalue weighted by Gasteiger charge is 2.21. The van der Waals surface area contributed by atoms with E-state index >= 15 is 0 Å². The van der Waals surface area contributed by atoms with Crippen molar-refractivity contribution in [3.05, 3.63) is 47.3 Å². The number of pyridine rings is 1. The van der Waals surface area contributed by atoms with Crippen molar-refractivity contribution in [3.63, 3.8) is 0 Å². The molecule has 2 N–H and O–H groups in total. The number of phenols is 1. The molecular formula is C21H29N5O2. The molecule has 2 aromatic rings. The third-order valence-electron chi connectivity index (χ3n) is 5.18. The van der Waals surface area contributed by atoms with Crippen LogP contribution in [0.2, 0.25) is 0 Å². The fraction of sp³-hybridized carbons (Fsp3) is 0.429. The fourth-order valence-corrected chi connectivity index (χ4v) is 3.64. The Morgan fingerprint density at radius 3 is 2.57 bits per heavy atom. The Morgan fingerprint density at radius 2 is 1.93 bits per heavy atom. The van der Waals surface area contributed by atoms with E-state index < -0.39 is 0 Å². The number of hydrogen-bond acceptors (Lipinski definition) is 5. The van der Waals surface area contributed by atoms with Crippen LogP contribution in [0, 0.1) is 13.8 Å². The van der Waals surface area contributed by atoms with Crippen molar-refractivity contribution in [1.29, 1.82) is 0 Å². The topological polar surface area (TPSA) is 73.2 Å². The Labute approximate surface area is 166 Å². The van der Waals surface area contributed by atoms with Gasteiger partial charge in [0.15, 0.2) is 5.96 Å². The number of methoxy groups -OCH3 is 1. The van der Waals surface area contributed by atoms with Crippen LogP contribution in [0.5, 0.6) is 11.5 Å². The van der Waals surface area contributed by atoms with Gasteiger partial charge < -0.3 is 25.0 Å². The van der Waals surface area contributed by atoms with Gasteiger partial charge in [0, 0.05) is 50.6 Å². The van der Waals surface area contributed by atoms with Gasteiger partial charge >= 0.3 is 0 Å². The Bertz CT molecular complexity index is 845. The van der Waals surface area contributed by atoms with Crippen molar-refractivity contribution in [2.75, 3.05) is 45.2 Å². The summed E-state index contributed by atoms with van der Waals surface area (Å²) in [4.78, 5) is 13.4. The van der Waals surface area contributed by atoms with Gasteiger partial charge in [-0.3, -0.25) is 9.98 Å². The van der Waals surface area contributed by atoms with E-state index in [2.05, 4.69) is 25.1 Å². The van der Waals surface area contributed by atoms with E-state index in [1.807, 2.05) is 38.2 Å². The predicted octanol–water partition coefficient (Wildman–Crippen LogP) is 2.31. The minimum absolute atomic E-state index is 0.327. The maximum Gasteiger partial charge on any atom is 0.194 e. The highest BCUT2D eigenvalue weighted by atomic mass is 16.5. The largest absolute Gasteiger partial charge is 0.506 e. The minimum atomic E-state index is 0.327. The molecule has 0 radical (unpaired) electrons. The van der Waals surface area contributed by atoms with Gasteiger partial charge in [0.2, 0.25) is 0 Å². The molecule has 0 aliphatic carbocycles. The summed E-state index contributed by atoms with van der Waals surface area (Å²) < 4.78 is 5.49. The van der Waals surface area contributed by atoms with Gasteiger partial charge in [0.05, 0.1) is 25.0 Å². The number of nitrogens with one attached hydrogen (secondary N) is 1. The third-order valence-corrected chi connectivity index (χ3v) is 5.18. The summed E-state index contributed by atoms with van der Waals surface area (Å²) in [5.41, 5.74) is 3.93. The van der Waals surface area contributed by atoms with Crippen molar-refractivity contribution < 1.29 is 9.84 Å². The number of piperazine rings is 1. The number of aromatic nitrogens is 1. The number of hydrogen-bond donors (Lipinski definition) is 2. The zero-order chi connectivity index (χ0) is 20.1. The number of aliphatic imine (C=N–C) groups is 1. The molecule has 0 amide bonds. The first-order chi connectivity index (χ1) is 13.5. The summed E-state index contributed by atoms with van der Waals surface area (Å²) >= 11 is 0. The molecule has 3 rings (SSSR count). The monoisotopic (exact) mass is 383 g/mol. The van der Waals surface area contributed by atoms with Crippen LogP contribution in [-0.2, 0) is 6.54 Å². The van der Waals surface area contributed by atoms with Crippen LogP contribution < -0.4 is 15.0 Å². The van der Waals surface area contributed by atoms with Crippen molar-refractivity contribution in [2.24, 2.45) is 4.99 Å². The molecule has 28 heavy (non-hydrogen) atoms. The molecule has 2 heterocycles. The summed E-state index contributed by atoms with van der Waals surface area (Å²) in [5.74, 6) is 2.07. The van der Waals surface area contributed by atoms with E-state index in [4.69, 9.17) is 4.74 Å². The second-order valence-electron chi connectivity index (χ2n) is 6.91. The second-order valence-corrected chi connectivity index (χ2v) is 6.91. The standard InChI is InChI=1S/C21H29N5O2/c1-15-13-23-17(16(2)20(15)28-4)14-24-21(22-3)26-11-9-25(10-12-26)18-7-5-6-8-19(18)27/h5-8,13,27H,9-12,14H2,1-4H3,(H,22,24). The first-order valence-electron chi connectivity index (χ1n) is 9.52. The minimum Gasteiger partial charge on any atom is -0.506 e. The van der Waals surface area contributed by atoms with E-state index in [0.29, 0.717) is 12.3 Å². The van der Waals surface area contributed by atoms with Crippen LogP contribution in [0.3, 0.4) is 0 Å². The number of guanidine groups is 1. The Morgan fingerprint density at radius 1 is 1.21 bits per heavy atom. The lowest BCUT2D eigenvalue weighted by Gasteiger charge is -2.37. The second kappa shape index (κ2) is 8.82. The normalized spacial score (nSPS) is 14.9. The molecule has 0 spiro atoms. The molecule has 1 aliphatic heterocycles. The zero-order valence-electron chi connectivity index (χ0n) is 17.1. The highest BCUT2D eigenvalue weighted by molar-refractivity contribution is 5.80. The number of phenolic OH excluding ortho intramolecular Hbond substituents is 1. The Balaban J connectivity index is 1.61. The molecule has 0 atom stereocenters. The van der Waals surface area contributed by atoms with E-state index in [1.165, 1.54) is 0 Å². The van der Waals surface area contributed by atoms with E-state index in [-0.39, 0.29) is 0 Å². The van der Waals surface area contributed by atoms with Crippen molar-refractivity contribution in [2.45, 2.75) is 20.4 Å². The molecule has 1 fully saturated rings. The fourth-order valence-electron chi connectivity index (χ4n) is 3.64. The number of anilines is 1. The molecule has 0 unspecified atom stereocenters. The lowest BCUT2D eigenvalue weighted by Crippen LogP contribution is -2.52. The van der Waals surface area contributed by atoms with Crippen molar-refractivity contribution in [3.8, 4) is 11.5 Å². The van der Waals surface area contributed by atoms with Crippen LogP contribution in [0.25, 0.3) is 0 Å². The molecule has 150 valence electrons. The number of benzene rings is 1. The van der Waals surface area contributed by atoms with Crippen molar-refractivity contribution in [1.82, 2.24) is 15.2 Å². The number of para-hydroxylation sites is 2. The van der Waals surface area contributed by atoms with Crippen LogP contribution in [0.4, 0.5) is 5.69 Å². The first kappa shape index (κ1) is 19.8. The third kappa shape index (κ3) is 4.13. The molecule has 0 bridgehead atoms. The van der Waals surface area contributed by atoms with Crippen LogP contribution >= 0.6 is 0 Å². The number of aromatic hydroxyl groups is 1. The lowest BCUT2D eigenvalue weighted by molar-refractivity contribution is 0.369. The number of nitrogens with zero attached hydrogens (tertiary/aromatic N) is 4. The van der Waals surface area contributed by atoms with Crippen LogP contribution in [-0.4, -0.2) is 61.3 Å². The van der Waals surface area contributed by atoms with Gasteiger partial charge in [-0.05, 0) is 26.0 Å². The maximum absolute atomic E-state index is 10.1.